The van der Waals surface area contributed by atoms with Crippen molar-refractivity contribution in [2.75, 3.05) is 6.61 Å². The van der Waals surface area contributed by atoms with Crippen molar-refractivity contribution in [2.45, 2.75) is 6.92 Å². The fourth-order valence-electron chi connectivity index (χ4n) is 1.40. The molecule has 0 aliphatic carbocycles. The molecule has 2 rings (SSSR count). The minimum Gasteiger partial charge on any atom is -0.484 e. The topological polar surface area (TPSA) is 26.3 Å². The number of Topliss-reactive ketones (excluding diaryl/α,β-unsaturated/α-hetero) is 1. The smallest absolute Gasteiger partial charge is 0.210 e. The zero-order valence-corrected chi connectivity index (χ0v) is 11.9. The molecule has 0 aliphatic rings. The molecule has 5 heteroatoms. The van der Waals surface area contributed by atoms with Crippen LogP contribution in [0.1, 0.15) is 15.2 Å². The van der Waals surface area contributed by atoms with Gasteiger partial charge in [-0.15, -0.1) is 11.3 Å². The standard InChI is InChI=1S/C13H10Cl2O2S/c1-8-2-3-9(14)11(6-8)17-7-10(16)12-4-5-13(15)18-12/h2-6H,7H2,1H3. The van der Waals surface area contributed by atoms with Crippen molar-refractivity contribution in [3.05, 3.63) is 50.1 Å². The zero-order valence-electron chi connectivity index (χ0n) is 9.57. The van der Waals surface area contributed by atoms with E-state index in [-0.39, 0.29) is 12.4 Å². The van der Waals surface area contributed by atoms with Crippen molar-refractivity contribution in [1.82, 2.24) is 0 Å². The molecule has 0 aliphatic heterocycles. The molecular weight excluding hydrogens is 291 g/mol. The van der Waals surface area contributed by atoms with Crippen LogP contribution in [0.4, 0.5) is 0 Å². The van der Waals surface area contributed by atoms with E-state index in [2.05, 4.69) is 0 Å². The highest BCUT2D eigenvalue weighted by molar-refractivity contribution is 7.18. The number of ether oxygens (including phenoxy) is 1. The number of aryl methyl sites for hydroxylation is 1. The van der Waals surface area contributed by atoms with E-state index in [0.717, 1.165) is 5.56 Å². The predicted octanol–water partition coefficient (Wildman–Crippen LogP) is 4.63. The molecule has 0 atom stereocenters. The van der Waals surface area contributed by atoms with Gasteiger partial charge in [-0.1, -0.05) is 29.3 Å². The summed E-state index contributed by atoms with van der Waals surface area (Å²) in [4.78, 5) is 12.4. The molecule has 1 aromatic carbocycles. The lowest BCUT2D eigenvalue weighted by atomic mass is 10.2. The van der Waals surface area contributed by atoms with E-state index < -0.39 is 0 Å². The van der Waals surface area contributed by atoms with Crippen LogP contribution in [-0.4, -0.2) is 12.4 Å². The summed E-state index contributed by atoms with van der Waals surface area (Å²) in [6.45, 7) is 1.89. The maximum Gasteiger partial charge on any atom is 0.210 e. The molecule has 0 radical (unpaired) electrons. The first-order valence-electron chi connectivity index (χ1n) is 5.24. The van der Waals surface area contributed by atoms with Gasteiger partial charge < -0.3 is 4.74 Å². The van der Waals surface area contributed by atoms with E-state index in [1.54, 1.807) is 24.3 Å². The van der Waals surface area contributed by atoms with Gasteiger partial charge in [-0.25, -0.2) is 0 Å². The Morgan fingerprint density at radius 2 is 2.06 bits per heavy atom. The van der Waals surface area contributed by atoms with Crippen molar-refractivity contribution < 1.29 is 9.53 Å². The molecule has 0 spiro atoms. The van der Waals surface area contributed by atoms with Crippen LogP contribution in [0, 0.1) is 6.92 Å². The van der Waals surface area contributed by atoms with Gasteiger partial charge in [-0.2, -0.15) is 0 Å². The van der Waals surface area contributed by atoms with Gasteiger partial charge in [0.25, 0.3) is 0 Å². The van der Waals surface area contributed by atoms with Crippen LogP contribution >= 0.6 is 34.5 Å². The Hall–Kier alpha value is -1.03. The molecule has 94 valence electrons. The minimum absolute atomic E-state index is 0.0417. The maximum absolute atomic E-state index is 11.8. The van der Waals surface area contributed by atoms with Gasteiger partial charge in [-0.05, 0) is 36.8 Å². The van der Waals surface area contributed by atoms with Crippen molar-refractivity contribution in [1.29, 1.82) is 0 Å². The number of rotatable bonds is 4. The fourth-order valence-corrected chi connectivity index (χ4v) is 2.54. The fraction of sp³-hybridized carbons (Fsp3) is 0.154. The first-order chi connectivity index (χ1) is 8.56. The van der Waals surface area contributed by atoms with Gasteiger partial charge >= 0.3 is 0 Å². The lowest BCUT2D eigenvalue weighted by Gasteiger charge is -2.07. The average molecular weight is 301 g/mol. The highest BCUT2D eigenvalue weighted by atomic mass is 35.5. The van der Waals surface area contributed by atoms with E-state index in [1.807, 2.05) is 13.0 Å². The van der Waals surface area contributed by atoms with Crippen LogP contribution in [0.2, 0.25) is 9.36 Å². The summed E-state index contributed by atoms with van der Waals surface area (Å²) < 4.78 is 6.01. The Labute approximate surface area is 119 Å². The monoisotopic (exact) mass is 300 g/mol. The second-order valence-corrected chi connectivity index (χ2v) is 5.87. The number of carbonyl (C=O) groups excluding carboxylic acids is 1. The summed E-state index contributed by atoms with van der Waals surface area (Å²) in [5.74, 6) is 0.414. The number of ketones is 1. The highest BCUT2D eigenvalue weighted by Crippen LogP contribution is 2.26. The third kappa shape index (κ3) is 3.25. The van der Waals surface area contributed by atoms with Crippen LogP contribution < -0.4 is 4.74 Å². The summed E-state index contributed by atoms with van der Waals surface area (Å²) in [5, 5.41) is 0.498. The molecule has 0 bridgehead atoms. The number of benzene rings is 1. The van der Waals surface area contributed by atoms with Gasteiger partial charge in [0, 0.05) is 0 Å². The number of hydrogen-bond acceptors (Lipinski definition) is 3. The van der Waals surface area contributed by atoms with Gasteiger partial charge in [0.2, 0.25) is 5.78 Å². The van der Waals surface area contributed by atoms with Crippen molar-refractivity contribution in [3.8, 4) is 5.75 Å². The van der Waals surface area contributed by atoms with E-state index in [9.17, 15) is 4.79 Å². The first kappa shape index (κ1) is 13.4. The summed E-state index contributed by atoms with van der Waals surface area (Å²) in [5.41, 5.74) is 1.03. The number of halogens is 2. The minimum atomic E-state index is -0.107. The number of carbonyl (C=O) groups is 1. The molecule has 0 N–H and O–H groups in total. The van der Waals surface area contributed by atoms with Gasteiger partial charge in [0.05, 0.1) is 14.2 Å². The Morgan fingerprint density at radius 3 is 2.72 bits per heavy atom. The van der Waals surface area contributed by atoms with Gasteiger partial charge in [0.1, 0.15) is 5.75 Å². The van der Waals surface area contributed by atoms with E-state index in [0.29, 0.717) is 20.0 Å². The lowest BCUT2D eigenvalue weighted by Crippen LogP contribution is -2.10. The first-order valence-corrected chi connectivity index (χ1v) is 6.81. The predicted molar refractivity (Wildman–Crippen MR) is 75.3 cm³/mol. The van der Waals surface area contributed by atoms with Crippen LogP contribution in [-0.2, 0) is 0 Å². The molecule has 2 nitrogen and oxygen atoms in total. The maximum atomic E-state index is 11.8. The van der Waals surface area contributed by atoms with E-state index in [4.69, 9.17) is 27.9 Å². The molecule has 1 aromatic heterocycles. The summed E-state index contributed by atoms with van der Waals surface area (Å²) in [7, 11) is 0. The van der Waals surface area contributed by atoms with Crippen molar-refractivity contribution >= 4 is 40.3 Å². The van der Waals surface area contributed by atoms with Gasteiger partial charge in [-0.3, -0.25) is 4.79 Å². The molecule has 1 heterocycles. The molecule has 0 fully saturated rings. The van der Waals surface area contributed by atoms with E-state index in [1.165, 1.54) is 11.3 Å². The Morgan fingerprint density at radius 1 is 1.28 bits per heavy atom. The summed E-state index contributed by atoms with van der Waals surface area (Å²) >= 11 is 13.0. The van der Waals surface area contributed by atoms with Crippen LogP contribution in [0.3, 0.4) is 0 Å². The van der Waals surface area contributed by atoms with Crippen LogP contribution in [0.5, 0.6) is 5.75 Å². The molecule has 0 saturated heterocycles. The lowest BCUT2D eigenvalue weighted by molar-refractivity contribution is 0.0925. The highest BCUT2D eigenvalue weighted by Gasteiger charge is 2.11. The zero-order chi connectivity index (χ0) is 13.1. The Balaban J connectivity index is 2.03. The SMILES string of the molecule is Cc1ccc(Cl)c(OCC(=O)c2ccc(Cl)s2)c1. The van der Waals surface area contributed by atoms with Gasteiger partial charge in [0.15, 0.2) is 6.61 Å². The van der Waals surface area contributed by atoms with Crippen molar-refractivity contribution in [2.24, 2.45) is 0 Å². The second kappa shape index (κ2) is 5.74. The quantitative estimate of drug-likeness (QED) is 0.770. The third-order valence-electron chi connectivity index (χ3n) is 2.29. The number of thiophene rings is 1. The van der Waals surface area contributed by atoms with Crippen LogP contribution in [0.15, 0.2) is 30.3 Å². The molecule has 0 unspecified atom stereocenters. The largest absolute Gasteiger partial charge is 0.484 e. The Kier molecular flexibility index (Phi) is 4.27. The van der Waals surface area contributed by atoms with E-state index >= 15 is 0 Å². The third-order valence-corrected chi connectivity index (χ3v) is 3.88. The summed E-state index contributed by atoms with van der Waals surface area (Å²) in [6, 6.07) is 8.82. The number of hydrogen-bond donors (Lipinski definition) is 0. The Bertz CT molecular complexity index is 578. The molecule has 0 saturated carbocycles. The molecule has 0 amide bonds. The normalized spacial score (nSPS) is 10.4. The molecular formula is C13H10Cl2O2S. The molecule has 2 aromatic rings. The molecule has 18 heavy (non-hydrogen) atoms. The van der Waals surface area contributed by atoms with Crippen molar-refractivity contribution in [3.63, 3.8) is 0 Å². The second-order valence-electron chi connectivity index (χ2n) is 3.75. The van der Waals surface area contributed by atoms with Crippen LogP contribution in [0.25, 0.3) is 0 Å². The summed E-state index contributed by atoms with van der Waals surface area (Å²) in [6.07, 6.45) is 0. The average Bonchev–Trinajstić information content (AvgIpc) is 2.77.